The minimum atomic E-state index is -0.0923. The van der Waals surface area contributed by atoms with Crippen molar-refractivity contribution in [2.45, 2.75) is 0 Å². The molecular formula is C48H24N6O2S6. The second kappa shape index (κ2) is 14.0. The molecule has 0 spiro atoms. The Hall–Kier alpha value is -6.52. The molecule has 0 bridgehead atoms. The van der Waals surface area contributed by atoms with Crippen LogP contribution in [-0.2, 0) is 0 Å². The lowest BCUT2D eigenvalue weighted by Gasteiger charge is -2.09. The van der Waals surface area contributed by atoms with Crippen LogP contribution in [0, 0.1) is 0 Å². The van der Waals surface area contributed by atoms with Crippen molar-refractivity contribution in [3.05, 3.63) is 153 Å². The molecule has 0 aliphatic heterocycles. The van der Waals surface area contributed by atoms with Crippen molar-refractivity contribution in [1.29, 1.82) is 0 Å². The number of H-pyrrole nitrogens is 2. The summed E-state index contributed by atoms with van der Waals surface area (Å²) in [7, 11) is 0. The molecule has 13 rings (SSSR count). The lowest BCUT2D eigenvalue weighted by molar-refractivity contribution is 1.46. The van der Waals surface area contributed by atoms with Gasteiger partial charge in [0.1, 0.15) is 22.1 Å². The summed E-state index contributed by atoms with van der Waals surface area (Å²) in [5.74, 6) is 0. The highest BCUT2D eigenvalue weighted by Gasteiger charge is 2.19. The monoisotopic (exact) mass is 908 g/mol. The number of benzene rings is 5. The second-order valence-electron chi connectivity index (χ2n) is 14.9. The predicted octanol–water partition coefficient (Wildman–Crippen LogP) is 13.9. The van der Waals surface area contributed by atoms with Gasteiger partial charge in [-0.15, -0.1) is 45.3 Å². The number of thiophene rings is 4. The van der Waals surface area contributed by atoms with Crippen molar-refractivity contribution >= 4 is 134 Å². The first-order chi connectivity index (χ1) is 30.5. The highest BCUT2D eigenvalue weighted by atomic mass is 32.1. The van der Waals surface area contributed by atoms with E-state index in [9.17, 15) is 9.59 Å². The summed E-state index contributed by atoms with van der Waals surface area (Å²) >= 11 is 9.19. The first-order valence-corrected chi connectivity index (χ1v) is 24.3. The third-order valence-corrected chi connectivity index (χ3v) is 16.6. The number of nitrogens with one attached hydrogen (secondary N) is 2. The smallest absolute Gasteiger partial charge is 0.197 e. The molecule has 0 unspecified atom stereocenters. The molecule has 0 saturated heterocycles. The zero-order valence-electron chi connectivity index (χ0n) is 31.8. The fraction of sp³-hybridized carbons (Fsp3) is 0. The average molecular weight is 909 g/mol. The third kappa shape index (κ3) is 5.65. The van der Waals surface area contributed by atoms with Crippen LogP contribution < -0.4 is 10.9 Å². The van der Waals surface area contributed by atoms with Crippen LogP contribution in [0.15, 0.2) is 142 Å². The number of pyridine rings is 2. The van der Waals surface area contributed by atoms with Crippen molar-refractivity contribution in [1.82, 2.24) is 27.5 Å². The summed E-state index contributed by atoms with van der Waals surface area (Å²) in [6.45, 7) is 0. The van der Waals surface area contributed by atoms with Gasteiger partial charge >= 0.3 is 0 Å². The van der Waals surface area contributed by atoms with Crippen molar-refractivity contribution in [2.75, 3.05) is 0 Å². The molecule has 5 aromatic carbocycles. The maximum absolute atomic E-state index is 14.2. The fourth-order valence-electron chi connectivity index (χ4n) is 8.42. The third-order valence-electron chi connectivity index (χ3n) is 11.4. The van der Waals surface area contributed by atoms with Gasteiger partial charge in [-0.3, -0.25) is 9.59 Å². The van der Waals surface area contributed by atoms with Gasteiger partial charge in [0, 0.05) is 84.1 Å². The van der Waals surface area contributed by atoms with E-state index in [0.717, 1.165) is 75.0 Å². The topological polar surface area (TPSA) is 117 Å². The highest BCUT2D eigenvalue weighted by Crippen LogP contribution is 2.43. The zero-order valence-corrected chi connectivity index (χ0v) is 36.7. The quantitative estimate of drug-likeness (QED) is 0.161. The maximum Gasteiger partial charge on any atom is 0.197 e. The molecule has 8 aromatic heterocycles. The van der Waals surface area contributed by atoms with Gasteiger partial charge in [-0.05, 0) is 94.7 Å². The van der Waals surface area contributed by atoms with Gasteiger partial charge < -0.3 is 9.97 Å². The van der Waals surface area contributed by atoms with E-state index in [1.807, 2.05) is 48.5 Å². The van der Waals surface area contributed by atoms with E-state index in [1.54, 1.807) is 45.3 Å². The fourth-order valence-corrected chi connectivity index (χ4v) is 13.1. The zero-order chi connectivity index (χ0) is 41.1. The van der Waals surface area contributed by atoms with Crippen LogP contribution in [0.4, 0.5) is 0 Å². The van der Waals surface area contributed by atoms with Gasteiger partial charge in [-0.25, -0.2) is 0 Å². The molecule has 0 amide bonds. The Morgan fingerprint density at radius 1 is 0.371 bits per heavy atom. The maximum atomic E-state index is 14.2. The average Bonchev–Trinajstić information content (AvgIpc) is 4.15. The van der Waals surface area contributed by atoms with Crippen molar-refractivity contribution in [3.8, 4) is 62.6 Å². The summed E-state index contributed by atoms with van der Waals surface area (Å²) in [4.78, 5) is 42.0. The van der Waals surface area contributed by atoms with Crippen LogP contribution >= 0.6 is 68.8 Å². The van der Waals surface area contributed by atoms with Gasteiger partial charge in [-0.1, -0.05) is 48.5 Å². The van der Waals surface area contributed by atoms with Crippen molar-refractivity contribution in [3.63, 3.8) is 0 Å². The Bertz CT molecular complexity index is 3790. The molecule has 0 atom stereocenters. The number of hydrogen-bond acceptors (Lipinski definition) is 12. The number of rotatable bonds is 6. The standard InChI is InChI=1S/C48H24N6O2S6/c55-47-29-19-23(37-13-15-41(59-37)27-9-7-25(39-3-1-17-57-39)43-45(27)53-61-51-43)5-11-33(29)49-35-22-32-36(21-31(35)47)50-34-12-6-24(20-30(34)48(32)56)38-14-16-42(60-38)28-10-8-26(40-4-2-18-58-40)44-46(28)54-62-52-44/h1-22H,(H,49,55)(H,50,56). The van der Waals surface area contributed by atoms with Crippen LogP contribution in [0.2, 0.25) is 0 Å². The molecule has 62 heavy (non-hydrogen) atoms. The van der Waals surface area contributed by atoms with E-state index in [0.29, 0.717) is 43.6 Å². The summed E-state index contributed by atoms with van der Waals surface area (Å²) < 4.78 is 18.7. The van der Waals surface area contributed by atoms with Crippen molar-refractivity contribution < 1.29 is 0 Å². The lowest BCUT2D eigenvalue weighted by atomic mass is 10.0. The highest BCUT2D eigenvalue weighted by molar-refractivity contribution is 7.19. The number of fused-ring (bicyclic) bond motifs is 6. The van der Waals surface area contributed by atoms with Crippen LogP contribution in [-0.4, -0.2) is 27.5 Å². The van der Waals surface area contributed by atoms with E-state index < -0.39 is 0 Å². The van der Waals surface area contributed by atoms with E-state index in [4.69, 9.17) is 0 Å². The number of hydrogen-bond donors (Lipinski definition) is 2. The molecule has 13 aromatic rings. The Labute approximate surface area is 374 Å². The molecule has 8 heterocycles. The van der Waals surface area contributed by atoms with Crippen LogP contribution in [0.25, 0.3) is 128 Å². The number of aromatic nitrogens is 6. The Balaban J connectivity index is 0.844. The van der Waals surface area contributed by atoms with E-state index in [2.05, 4.69) is 111 Å². The van der Waals surface area contributed by atoms with E-state index in [-0.39, 0.29) is 10.9 Å². The van der Waals surface area contributed by atoms with Crippen molar-refractivity contribution in [2.24, 2.45) is 0 Å². The molecule has 0 aliphatic rings. The predicted molar refractivity (Wildman–Crippen MR) is 264 cm³/mol. The molecule has 2 N–H and O–H groups in total. The largest absolute Gasteiger partial charge is 0.354 e. The summed E-state index contributed by atoms with van der Waals surface area (Å²) in [6, 6.07) is 40.8. The minimum absolute atomic E-state index is 0.0923. The molecule has 0 aliphatic carbocycles. The molecule has 0 fully saturated rings. The van der Waals surface area contributed by atoms with Crippen LogP contribution in [0.1, 0.15) is 0 Å². The molecular weight excluding hydrogens is 885 g/mol. The summed E-state index contributed by atoms with van der Waals surface area (Å²) in [5, 5.41) is 6.36. The van der Waals surface area contributed by atoms with Gasteiger partial charge in [0.15, 0.2) is 10.9 Å². The molecule has 14 heteroatoms. The van der Waals surface area contributed by atoms with E-state index in [1.165, 1.54) is 33.2 Å². The van der Waals surface area contributed by atoms with E-state index >= 15 is 0 Å². The summed E-state index contributed by atoms with van der Waals surface area (Å²) in [6.07, 6.45) is 0. The van der Waals surface area contributed by atoms with Gasteiger partial charge in [0.05, 0.1) is 34.5 Å². The molecule has 294 valence electrons. The van der Waals surface area contributed by atoms with Crippen LogP contribution in [0.5, 0.6) is 0 Å². The Kier molecular flexibility index (Phi) is 8.17. The normalized spacial score (nSPS) is 12.0. The molecule has 0 radical (unpaired) electrons. The Morgan fingerprint density at radius 3 is 1.16 bits per heavy atom. The van der Waals surface area contributed by atoms with Gasteiger partial charge in [-0.2, -0.15) is 17.5 Å². The van der Waals surface area contributed by atoms with Crippen LogP contribution in [0.3, 0.4) is 0 Å². The van der Waals surface area contributed by atoms with Gasteiger partial charge in [0.25, 0.3) is 0 Å². The molecule has 0 saturated carbocycles. The number of nitrogens with zero attached hydrogens (tertiary/aromatic N) is 4. The van der Waals surface area contributed by atoms with Gasteiger partial charge in [0.2, 0.25) is 0 Å². The SMILES string of the molecule is O=c1c2cc(-c3ccc(-c4ccc(-c5cccs5)c5nsnc45)s3)ccc2[nH]c2cc3c(=O)c4cc(-c5ccc(-c6ccc(-c7cccs7)c7nsnc67)s5)ccc4[nH]c3cc12. The lowest BCUT2D eigenvalue weighted by Crippen LogP contribution is -2.08. The first kappa shape index (κ1) is 36.2. The number of aromatic amines is 2. The minimum Gasteiger partial charge on any atom is -0.354 e. The Morgan fingerprint density at radius 2 is 0.758 bits per heavy atom. The first-order valence-electron chi connectivity index (χ1n) is 19.4. The molecule has 8 nitrogen and oxygen atoms in total. The summed E-state index contributed by atoms with van der Waals surface area (Å²) in [5.41, 5.74) is 12.3. The second-order valence-corrected chi connectivity index (χ2v) is 20.0.